The first-order valence-electron chi connectivity index (χ1n) is 9.91. The van der Waals surface area contributed by atoms with Gasteiger partial charge in [-0.25, -0.2) is 0 Å². The predicted molar refractivity (Wildman–Crippen MR) is 112 cm³/mol. The number of nitrogens with zero attached hydrogens (tertiary/aromatic N) is 3. The lowest BCUT2D eigenvalue weighted by Gasteiger charge is -2.22. The van der Waals surface area contributed by atoms with Crippen molar-refractivity contribution in [2.75, 3.05) is 13.1 Å². The summed E-state index contributed by atoms with van der Waals surface area (Å²) >= 11 is 0. The van der Waals surface area contributed by atoms with Gasteiger partial charge >= 0.3 is 0 Å². The molecule has 1 aliphatic rings. The summed E-state index contributed by atoms with van der Waals surface area (Å²) in [5.41, 5.74) is 7.00. The van der Waals surface area contributed by atoms with Crippen molar-refractivity contribution >= 4 is 21.8 Å². The van der Waals surface area contributed by atoms with Gasteiger partial charge in [-0.15, -0.1) is 0 Å². The molecule has 6 rings (SSSR count). The third kappa shape index (κ3) is 2.74. The Morgan fingerprint density at radius 1 is 1.00 bits per heavy atom. The molecule has 0 amide bonds. The van der Waals surface area contributed by atoms with E-state index in [1.807, 2.05) is 24.7 Å². The number of hydrogen-bond donors (Lipinski definition) is 3. The van der Waals surface area contributed by atoms with Crippen molar-refractivity contribution in [3.05, 3.63) is 55.0 Å². The number of fused-ring (bicyclic) bond motifs is 2. The summed E-state index contributed by atoms with van der Waals surface area (Å²) in [6.45, 7) is 2.10. The van der Waals surface area contributed by atoms with Crippen LogP contribution in [-0.4, -0.2) is 38.2 Å². The maximum Gasteiger partial charge on any atom is 0.116 e. The highest BCUT2D eigenvalue weighted by atomic mass is 16.3. The lowest BCUT2D eigenvalue weighted by Crippen LogP contribution is -2.27. The van der Waals surface area contributed by atoms with E-state index in [1.54, 1.807) is 12.5 Å². The molecular weight excluding hydrogens is 364 g/mol. The van der Waals surface area contributed by atoms with E-state index in [4.69, 9.17) is 9.40 Å². The highest BCUT2D eigenvalue weighted by Gasteiger charge is 2.19. The fourth-order valence-electron chi connectivity index (χ4n) is 4.31. The zero-order chi connectivity index (χ0) is 19.2. The van der Waals surface area contributed by atoms with Gasteiger partial charge in [0, 0.05) is 39.7 Å². The Bertz CT molecular complexity index is 1290. The molecule has 1 fully saturated rings. The highest BCUT2D eigenvalue weighted by molar-refractivity contribution is 6.00. The van der Waals surface area contributed by atoms with Gasteiger partial charge in [-0.2, -0.15) is 5.10 Å². The maximum atomic E-state index is 5.26. The molecule has 0 bridgehead atoms. The van der Waals surface area contributed by atoms with E-state index in [-0.39, 0.29) is 0 Å². The average Bonchev–Trinajstić information content (AvgIpc) is 3.52. The number of rotatable bonds is 3. The van der Waals surface area contributed by atoms with Crippen LogP contribution in [0.15, 0.2) is 53.7 Å². The Morgan fingerprint density at radius 2 is 1.93 bits per heavy atom. The molecule has 3 N–H and O–H groups in total. The molecule has 0 aromatic carbocycles. The summed E-state index contributed by atoms with van der Waals surface area (Å²) in [5, 5.41) is 13.3. The van der Waals surface area contributed by atoms with Crippen LogP contribution >= 0.6 is 0 Å². The first-order valence-corrected chi connectivity index (χ1v) is 9.91. The fourth-order valence-corrected chi connectivity index (χ4v) is 4.31. The summed E-state index contributed by atoms with van der Waals surface area (Å²) in [7, 11) is 0. The summed E-state index contributed by atoms with van der Waals surface area (Å²) in [6, 6.07) is 6.29. The van der Waals surface area contributed by atoms with Crippen LogP contribution < -0.4 is 5.32 Å². The molecule has 0 radical (unpaired) electrons. The Hall–Kier alpha value is -3.45. The molecule has 5 aromatic rings. The van der Waals surface area contributed by atoms with Crippen molar-refractivity contribution in [3.8, 4) is 22.5 Å². The molecule has 0 spiro atoms. The van der Waals surface area contributed by atoms with Gasteiger partial charge in [0.25, 0.3) is 0 Å². The number of aromatic amines is 2. The van der Waals surface area contributed by atoms with Crippen LogP contribution in [0.1, 0.15) is 24.5 Å². The second-order valence-electron chi connectivity index (χ2n) is 7.59. The van der Waals surface area contributed by atoms with Gasteiger partial charge < -0.3 is 14.7 Å². The Balaban J connectivity index is 1.48. The number of aromatic nitrogens is 5. The molecule has 0 atom stereocenters. The molecule has 7 heteroatoms. The number of nitrogens with one attached hydrogen (secondary N) is 3. The molecule has 6 heterocycles. The number of pyridine rings is 2. The largest absolute Gasteiger partial charge is 0.472 e. The van der Waals surface area contributed by atoms with Crippen LogP contribution in [0, 0.1) is 0 Å². The summed E-state index contributed by atoms with van der Waals surface area (Å²) in [6.07, 6.45) is 11.3. The number of hydrogen-bond acceptors (Lipinski definition) is 5. The van der Waals surface area contributed by atoms with Crippen molar-refractivity contribution in [2.24, 2.45) is 0 Å². The lowest BCUT2D eigenvalue weighted by atomic mass is 9.93. The number of piperidine rings is 1. The van der Waals surface area contributed by atoms with Crippen molar-refractivity contribution < 1.29 is 4.42 Å². The van der Waals surface area contributed by atoms with Crippen LogP contribution in [-0.2, 0) is 0 Å². The van der Waals surface area contributed by atoms with Crippen LogP contribution in [0.3, 0.4) is 0 Å². The van der Waals surface area contributed by atoms with Crippen LogP contribution in [0.4, 0.5) is 0 Å². The standard InChI is InChI=1S/C22H20N6O/c1-4-23-5-2-13(1)18-8-16-21(11-25-18)27-28-22(16)19-7-15-17(14-3-6-29-12-14)9-24-10-20(15)26-19/h3,6-13,23,26H,1-2,4-5H2,(H,27,28). The molecule has 5 aromatic heterocycles. The monoisotopic (exact) mass is 384 g/mol. The summed E-state index contributed by atoms with van der Waals surface area (Å²) in [5.74, 6) is 0.503. The molecule has 29 heavy (non-hydrogen) atoms. The fraction of sp³-hybridized carbons (Fsp3) is 0.227. The topological polar surface area (TPSA) is 95.4 Å². The maximum absolute atomic E-state index is 5.26. The Labute approximate surface area is 166 Å². The molecule has 1 aliphatic heterocycles. The van der Waals surface area contributed by atoms with Gasteiger partial charge in [0.2, 0.25) is 0 Å². The summed E-state index contributed by atoms with van der Waals surface area (Å²) < 4.78 is 5.26. The quantitative estimate of drug-likeness (QED) is 0.433. The van der Waals surface area contributed by atoms with Gasteiger partial charge in [0.1, 0.15) is 5.69 Å². The van der Waals surface area contributed by atoms with E-state index in [0.717, 1.165) is 75.9 Å². The highest BCUT2D eigenvalue weighted by Crippen LogP contribution is 2.34. The van der Waals surface area contributed by atoms with Crippen molar-refractivity contribution in [1.29, 1.82) is 0 Å². The van der Waals surface area contributed by atoms with Gasteiger partial charge in [0.05, 0.1) is 41.6 Å². The Morgan fingerprint density at radius 3 is 2.79 bits per heavy atom. The molecule has 144 valence electrons. The first kappa shape index (κ1) is 16.5. The van der Waals surface area contributed by atoms with Gasteiger partial charge in [-0.05, 0) is 44.1 Å². The zero-order valence-corrected chi connectivity index (χ0v) is 15.8. The van der Waals surface area contributed by atoms with E-state index < -0.39 is 0 Å². The SMILES string of the molecule is c1cc(-c2cncc3[nH]c(-c4n[nH]c5cnc(C6CCNCC6)cc45)cc23)co1. The molecule has 0 unspecified atom stereocenters. The molecule has 7 nitrogen and oxygen atoms in total. The minimum Gasteiger partial charge on any atom is -0.472 e. The third-order valence-corrected chi connectivity index (χ3v) is 5.86. The molecule has 0 saturated carbocycles. The number of furan rings is 1. The molecular formula is C22H20N6O. The van der Waals surface area contributed by atoms with E-state index in [0.29, 0.717) is 5.92 Å². The van der Waals surface area contributed by atoms with Crippen LogP contribution in [0.25, 0.3) is 44.3 Å². The summed E-state index contributed by atoms with van der Waals surface area (Å²) in [4.78, 5) is 12.6. The number of H-pyrrole nitrogens is 2. The lowest BCUT2D eigenvalue weighted by molar-refractivity contribution is 0.453. The molecule has 1 saturated heterocycles. The molecule has 0 aliphatic carbocycles. The van der Waals surface area contributed by atoms with Crippen LogP contribution in [0.2, 0.25) is 0 Å². The second kappa shape index (κ2) is 6.56. The van der Waals surface area contributed by atoms with Gasteiger partial charge in [-0.3, -0.25) is 15.1 Å². The van der Waals surface area contributed by atoms with Crippen molar-refractivity contribution in [3.63, 3.8) is 0 Å². The van der Waals surface area contributed by atoms with Gasteiger partial charge in [0.15, 0.2) is 0 Å². The Kier molecular flexibility index (Phi) is 3.73. The van der Waals surface area contributed by atoms with E-state index in [1.165, 1.54) is 0 Å². The van der Waals surface area contributed by atoms with Gasteiger partial charge in [-0.1, -0.05) is 0 Å². The van der Waals surface area contributed by atoms with E-state index >= 15 is 0 Å². The zero-order valence-electron chi connectivity index (χ0n) is 15.8. The minimum atomic E-state index is 0.503. The van der Waals surface area contributed by atoms with E-state index in [9.17, 15) is 0 Å². The van der Waals surface area contributed by atoms with Crippen molar-refractivity contribution in [1.82, 2.24) is 30.5 Å². The smallest absolute Gasteiger partial charge is 0.116 e. The third-order valence-electron chi connectivity index (χ3n) is 5.86. The normalized spacial score (nSPS) is 15.4. The first-order chi connectivity index (χ1) is 14.4. The van der Waals surface area contributed by atoms with Crippen molar-refractivity contribution in [2.45, 2.75) is 18.8 Å². The second-order valence-corrected chi connectivity index (χ2v) is 7.59. The minimum absolute atomic E-state index is 0.503. The van der Waals surface area contributed by atoms with Crippen LogP contribution in [0.5, 0.6) is 0 Å². The average molecular weight is 384 g/mol. The van der Waals surface area contributed by atoms with E-state index in [2.05, 4.69) is 37.6 Å². The predicted octanol–water partition coefficient (Wildman–Crippen LogP) is 4.23.